The molecule has 7 heteroatoms. The molecule has 19 heavy (non-hydrogen) atoms. The Kier molecular flexibility index (Phi) is 5.75. The molecule has 2 N–H and O–H groups in total. The molecular weight excluding hydrogens is 336 g/mol. The number of hydrogen-bond acceptors (Lipinski definition) is 3. The molecule has 0 aliphatic heterocycles. The van der Waals surface area contributed by atoms with Crippen molar-refractivity contribution in [3.05, 3.63) is 27.5 Å². The van der Waals surface area contributed by atoms with E-state index in [4.69, 9.17) is 16.7 Å². The third-order valence-corrected chi connectivity index (χ3v) is 3.55. The van der Waals surface area contributed by atoms with E-state index < -0.39 is 17.9 Å². The summed E-state index contributed by atoms with van der Waals surface area (Å²) in [5.41, 5.74) is 0.144. The van der Waals surface area contributed by atoms with Crippen LogP contribution in [0.3, 0.4) is 0 Å². The number of hydrogen-bond donors (Lipinski definition) is 2. The van der Waals surface area contributed by atoms with Crippen molar-refractivity contribution in [2.75, 3.05) is 0 Å². The second-order valence-electron chi connectivity index (χ2n) is 4.17. The molecule has 0 spiro atoms. The number of carbonyl (C=O) groups is 2. The first-order valence-corrected chi connectivity index (χ1v) is 6.88. The standard InChI is InChI=1S/C12H14BrClN2O3/c1-3-6(2)9(12(18)19)16-11(17)8-4-7(13)5-15-10(8)14/h4-6,9H,3H2,1-2H3,(H,16,17)(H,18,19)/t6-,9-/m0/s1. The number of nitrogens with zero attached hydrogens (tertiary/aromatic N) is 1. The Morgan fingerprint density at radius 2 is 2.21 bits per heavy atom. The second-order valence-corrected chi connectivity index (χ2v) is 5.44. The number of carboxylic acids is 1. The minimum absolute atomic E-state index is 0.0361. The maximum absolute atomic E-state index is 12.0. The van der Waals surface area contributed by atoms with E-state index in [2.05, 4.69) is 26.2 Å². The highest BCUT2D eigenvalue weighted by Gasteiger charge is 2.26. The van der Waals surface area contributed by atoms with E-state index in [1.165, 1.54) is 12.3 Å². The molecule has 1 amide bonds. The predicted octanol–water partition coefficient (Wildman–Crippen LogP) is 2.73. The fourth-order valence-electron chi connectivity index (χ4n) is 1.48. The zero-order valence-electron chi connectivity index (χ0n) is 10.5. The molecule has 1 aromatic rings. The highest BCUT2D eigenvalue weighted by atomic mass is 79.9. The van der Waals surface area contributed by atoms with Crippen molar-refractivity contribution in [3.63, 3.8) is 0 Å². The van der Waals surface area contributed by atoms with Crippen LogP contribution in [0, 0.1) is 5.92 Å². The lowest BCUT2D eigenvalue weighted by Gasteiger charge is -2.20. The highest BCUT2D eigenvalue weighted by Crippen LogP contribution is 2.18. The SMILES string of the molecule is CC[C@H](C)[C@H](NC(=O)c1cc(Br)cnc1Cl)C(=O)O. The van der Waals surface area contributed by atoms with Gasteiger partial charge in [0.15, 0.2) is 0 Å². The first-order valence-electron chi connectivity index (χ1n) is 5.71. The molecule has 0 bridgehead atoms. The summed E-state index contributed by atoms with van der Waals surface area (Å²) in [4.78, 5) is 27.0. The van der Waals surface area contributed by atoms with Crippen LogP contribution >= 0.6 is 27.5 Å². The zero-order valence-corrected chi connectivity index (χ0v) is 12.8. The summed E-state index contributed by atoms with van der Waals surface area (Å²) in [6.07, 6.45) is 2.10. The maximum Gasteiger partial charge on any atom is 0.326 e. The lowest BCUT2D eigenvalue weighted by molar-refractivity contribution is -0.140. The van der Waals surface area contributed by atoms with Gasteiger partial charge in [-0.05, 0) is 27.9 Å². The van der Waals surface area contributed by atoms with Crippen LogP contribution in [0.5, 0.6) is 0 Å². The van der Waals surface area contributed by atoms with Crippen molar-refractivity contribution >= 4 is 39.4 Å². The van der Waals surface area contributed by atoms with Gasteiger partial charge in [0.05, 0.1) is 5.56 Å². The first-order chi connectivity index (χ1) is 8.86. The zero-order chi connectivity index (χ0) is 14.6. The number of aromatic nitrogens is 1. The number of pyridine rings is 1. The molecule has 0 radical (unpaired) electrons. The molecule has 1 heterocycles. The van der Waals surface area contributed by atoms with Crippen LogP contribution in [0.1, 0.15) is 30.6 Å². The van der Waals surface area contributed by atoms with Crippen LogP contribution in [0.4, 0.5) is 0 Å². The van der Waals surface area contributed by atoms with E-state index in [0.717, 1.165) is 0 Å². The summed E-state index contributed by atoms with van der Waals surface area (Å²) < 4.78 is 0.595. The van der Waals surface area contributed by atoms with Crippen molar-refractivity contribution in [1.82, 2.24) is 10.3 Å². The average Bonchev–Trinajstić information content (AvgIpc) is 2.37. The summed E-state index contributed by atoms with van der Waals surface area (Å²) in [7, 11) is 0. The van der Waals surface area contributed by atoms with Crippen LogP contribution in [-0.2, 0) is 4.79 Å². The Labute approximate surface area is 124 Å². The Morgan fingerprint density at radius 3 is 2.74 bits per heavy atom. The number of carboxylic acid groups (broad SMARTS) is 1. The molecule has 5 nitrogen and oxygen atoms in total. The number of aliphatic carboxylic acids is 1. The molecule has 2 atom stereocenters. The summed E-state index contributed by atoms with van der Waals surface area (Å²) >= 11 is 9.01. The normalized spacial score (nSPS) is 13.7. The van der Waals surface area contributed by atoms with Crippen LogP contribution in [-0.4, -0.2) is 28.0 Å². The van der Waals surface area contributed by atoms with Gasteiger partial charge in [0, 0.05) is 10.7 Å². The molecule has 0 fully saturated rings. The lowest BCUT2D eigenvalue weighted by Crippen LogP contribution is -2.45. The number of rotatable bonds is 5. The Hall–Kier alpha value is -1.14. The third kappa shape index (κ3) is 4.18. The molecular formula is C12H14BrClN2O3. The average molecular weight is 350 g/mol. The molecule has 1 aromatic heterocycles. The molecule has 0 aliphatic rings. The van der Waals surface area contributed by atoms with Gasteiger partial charge < -0.3 is 10.4 Å². The molecule has 0 saturated carbocycles. The lowest BCUT2D eigenvalue weighted by atomic mass is 9.99. The van der Waals surface area contributed by atoms with Gasteiger partial charge in [0.25, 0.3) is 5.91 Å². The smallest absolute Gasteiger partial charge is 0.326 e. The van der Waals surface area contributed by atoms with Crippen molar-refractivity contribution < 1.29 is 14.7 Å². The van der Waals surface area contributed by atoms with Crippen LogP contribution < -0.4 is 5.32 Å². The molecule has 104 valence electrons. The second kappa shape index (κ2) is 6.86. The number of nitrogens with one attached hydrogen (secondary N) is 1. The van der Waals surface area contributed by atoms with Gasteiger partial charge in [0.1, 0.15) is 11.2 Å². The first kappa shape index (κ1) is 15.9. The van der Waals surface area contributed by atoms with E-state index in [1.807, 2.05) is 6.92 Å². The van der Waals surface area contributed by atoms with Crippen molar-refractivity contribution in [2.24, 2.45) is 5.92 Å². The van der Waals surface area contributed by atoms with Crippen molar-refractivity contribution in [1.29, 1.82) is 0 Å². The molecule has 0 unspecified atom stereocenters. The Balaban J connectivity index is 2.94. The molecule has 0 saturated heterocycles. The number of halogens is 2. The quantitative estimate of drug-likeness (QED) is 0.801. The van der Waals surface area contributed by atoms with E-state index in [9.17, 15) is 9.59 Å². The van der Waals surface area contributed by atoms with Gasteiger partial charge in [-0.2, -0.15) is 0 Å². The van der Waals surface area contributed by atoms with E-state index in [0.29, 0.717) is 10.9 Å². The van der Waals surface area contributed by atoms with Gasteiger partial charge >= 0.3 is 5.97 Å². The number of carbonyl (C=O) groups excluding carboxylic acids is 1. The predicted molar refractivity (Wildman–Crippen MR) is 75.3 cm³/mol. The van der Waals surface area contributed by atoms with Crippen LogP contribution in [0.2, 0.25) is 5.15 Å². The summed E-state index contributed by atoms with van der Waals surface area (Å²) in [5, 5.41) is 11.6. The minimum atomic E-state index is -1.07. The fourth-order valence-corrected chi connectivity index (χ4v) is 2.00. The largest absolute Gasteiger partial charge is 0.480 e. The fraction of sp³-hybridized carbons (Fsp3) is 0.417. The third-order valence-electron chi connectivity index (χ3n) is 2.82. The van der Waals surface area contributed by atoms with E-state index in [-0.39, 0.29) is 16.6 Å². The summed E-state index contributed by atoms with van der Waals surface area (Å²) in [5.74, 6) is -1.80. The van der Waals surface area contributed by atoms with Gasteiger partial charge in [0.2, 0.25) is 0 Å². The van der Waals surface area contributed by atoms with Crippen LogP contribution in [0.25, 0.3) is 0 Å². The highest BCUT2D eigenvalue weighted by molar-refractivity contribution is 9.10. The Bertz CT molecular complexity index is 496. The number of amides is 1. The maximum atomic E-state index is 12.0. The van der Waals surface area contributed by atoms with E-state index >= 15 is 0 Å². The van der Waals surface area contributed by atoms with Gasteiger partial charge in [-0.15, -0.1) is 0 Å². The summed E-state index contributed by atoms with van der Waals surface area (Å²) in [6, 6.07) is 0.549. The van der Waals surface area contributed by atoms with Crippen LogP contribution in [0.15, 0.2) is 16.7 Å². The van der Waals surface area contributed by atoms with Crippen molar-refractivity contribution in [3.8, 4) is 0 Å². The van der Waals surface area contributed by atoms with E-state index in [1.54, 1.807) is 6.92 Å². The molecule has 0 aliphatic carbocycles. The van der Waals surface area contributed by atoms with Gasteiger partial charge in [-0.1, -0.05) is 31.9 Å². The van der Waals surface area contributed by atoms with Gasteiger partial charge in [-0.3, -0.25) is 4.79 Å². The Morgan fingerprint density at radius 1 is 1.58 bits per heavy atom. The molecule has 1 rings (SSSR count). The summed E-state index contributed by atoms with van der Waals surface area (Å²) in [6.45, 7) is 3.63. The monoisotopic (exact) mass is 348 g/mol. The topological polar surface area (TPSA) is 79.3 Å². The van der Waals surface area contributed by atoms with Gasteiger partial charge in [-0.25, -0.2) is 9.78 Å². The van der Waals surface area contributed by atoms with Crippen molar-refractivity contribution in [2.45, 2.75) is 26.3 Å². The minimum Gasteiger partial charge on any atom is -0.480 e. The molecule has 0 aromatic carbocycles.